The molecule has 5 nitrogen and oxygen atoms in total. The first-order chi connectivity index (χ1) is 14.4. The maximum atomic E-state index is 14.8. The van der Waals surface area contributed by atoms with E-state index in [1.807, 2.05) is 32.0 Å². The average molecular weight is 405 g/mol. The van der Waals surface area contributed by atoms with Gasteiger partial charge in [-0.2, -0.15) is 5.06 Å². The van der Waals surface area contributed by atoms with E-state index >= 15 is 0 Å². The van der Waals surface area contributed by atoms with E-state index in [9.17, 15) is 14.4 Å². The molecule has 152 valence electrons. The first-order valence-corrected chi connectivity index (χ1v) is 9.37. The highest BCUT2D eigenvalue weighted by Gasteiger charge is 2.25. The average Bonchev–Trinajstić information content (AvgIpc) is 3.15. The van der Waals surface area contributed by atoms with E-state index in [-0.39, 0.29) is 22.5 Å². The van der Waals surface area contributed by atoms with Gasteiger partial charge in [-0.25, -0.2) is 9.18 Å². The lowest BCUT2D eigenvalue weighted by atomic mass is 10.0. The Morgan fingerprint density at radius 2 is 1.80 bits per heavy atom. The molecule has 1 heterocycles. The molecule has 0 amide bonds. The lowest BCUT2D eigenvalue weighted by molar-refractivity contribution is 0.0600. The van der Waals surface area contributed by atoms with E-state index in [1.54, 1.807) is 24.3 Å². The molecule has 0 saturated heterocycles. The van der Waals surface area contributed by atoms with Gasteiger partial charge in [-0.3, -0.25) is 5.21 Å². The highest BCUT2D eigenvalue weighted by Crippen LogP contribution is 2.42. The van der Waals surface area contributed by atoms with Gasteiger partial charge in [0.1, 0.15) is 11.6 Å². The Labute approximate surface area is 172 Å². The van der Waals surface area contributed by atoms with Crippen LogP contribution in [-0.2, 0) is 4.74 Å². The highest BCUT2D eigenvalue weighted by molar-refractivity contribution is 6.04. The topological polar surface area (TPSA) is 62.9 Å². The summed E-state index contributed by atoms with van der Waals surface area (Å²) in [5.74, 6) is -0.865. The SMILES string of the molecule is COC(=O)c1ccccc1N(O)c1oc(-c2ccc(C)c(C)c2)c2cccc(F)c12. The molecule has 1 aromatic heterocycles. The van der Waals surface area contributed by atoms with Crippen molar-refractivity contribution in [3.8, 4) is 11.3 Å². The molecule has 30 heavy (non-hydrogen) atoms. The third-order valence-electron chi connectivity index (χ3n) is 5.17. The Morgan fingerprint density at radius 1 is 1.03 bits per heavy atom. The van der Waals surface area contributed by atoms with Crippen molar-refractivity contribution in [1.29, 1.82) is 0 Å². The van der Waals surface area contributed by atoms with E-state index in [0.717, 1.165) is 16.7 Å². The number of ether oxygens (including phenoxy) is 1. The number of hydrogen-bond donors (Lipinski definition) is 1. The van der Waals surface area contributed by atoms with Crippen molar-refractivity contribution in [2.75, 3.05) is 12.2 Å². The normalized spacial score (nSPS) is 11.0. The van der Waals surface area contributed by atoms with Crippen LogP contribution in [-0.4, -0.2) is 18.3 Å². The largest absolute Gasteiger partial charge is 0.465 e. The van der Waals surface area contributed by atoms with Gasteiger partial charge in [0.15, 0.2) is 0 Å². The standard InChI is InChI=1S/C24H20FNO4/c1-14-11-12-16(13-15(14)2)22-18-8-6-9-19(25)21(18)23(30-22)26(28)20-10-5-4-7-17(20)24(27)29-3/h4-13,28H,1-3H3. The van der Waals surface area contributed by atoms with Crippen molar-refractivity contribution in [3.05, 3.63) is 83.2 Å². The predicted molar refractivity (Wildman–Crippen MR) is 113 cm³/mol. The van der Waals surface area contributed by atoms with Crippen molar-refractivity contribution in [3.63, 3.8) is 0 Å². The summed E-state index contributed by atoms with van der Waals surface area (Å²) in [5.41, 5.74) is 3.18. The Kier molecular flexibility index (Phi) is 5.01. The van der Waals surface area contributed by atoms with Crippen molar-refractivity contribution in [2.24, 2.45) is 0 Å². The van der Waals surface area contributed by atoms with E-state index in [0.29, 0.717) is 16.2 Å². The lowest BCUT2D eigenvalue weighted by Crippen LogP contribution is -2.15. The van der Waals surface area contributed by atoms with Crippen LogP contribution in [0.2, 0.25) is 0 Å². The first kappa shape index (κ1) is 19.7. The number of carbonyl (C=O) groups is 1. The smallest absolute Gasteiger partial charge is 0.340 e. The first-order valence-electron chi connectivity index (χ1n) is 9.37. The summed E-state index contributed by atoms with van der Waals surface area (Å²) in [6.07, 6.45) is 0. The number of rotatable bonds is 4. The van der Waals surface area contributed by atoms with Crippen LogP contribution < -0.4 is 5.06 Å². The minimum Gasteiger partial charge on any atom is -0.465 e. The lowest BCUT2D eigenvalue weighted by Gasteiger charge is -2.17. The summed E-state index contributed by atoms with van der Waals surface area (Å²) in [5, 5.41) is 12.3. The van der Waals surface area contributed by atoms with Gasteiger partial charge in [0.2, 0.25) is 5.88 Å². The monoisotopic (exact) mass is 405 g/mol. The van der Waals surface area contributed by atoms with Crippen LogP contribution in [0.15, 0.2) is 65.1 Å². The van der Waals surface area contributed by atoms with Gasteiger partial charge in [-0.05, 0) is 49.2 Å². The van der Waals surface area contributed by atoms with Crippen molar-refractivity contribution in [1.82, 2.24) is 0 Å². The highest BCUT2D eigenvalue weighted by atomic mass is 19.1. The number of methoxy groups -OCH3 is 1. The van der Waals surface area contributed by atoms with Crippen LogP contribution in [0, 0.1) is 19.7 Å². The molecule has 0 radical (unpaired) electrons. The molecule has 0 saturated carbocycles. The Hall–Kier alpha value is -3.64. The Bertz CT molecular complexity index is 1260. The maximum Gasteiger partial charge on any atom is 0.340 e. The summed E-state index contributed by atoms with van der Waals surface area (Å²) in [7, 11) is 1.25. The fourth-order valence-electron chi connectivity index (χ4n) is 3.43. The number of halogens is 1. The molecule has 4 rings (SSSR count). The van der Waals surface area contributed by atoms with E-state index in [4.69, 9.17) is 9.15 Å². The quantitative estimate of drug-likeness (QED) is 0.325. The van der Waals surface area contributed by atoms with Gasteiger partial charge in [0.25, 0.3) is 0 Å². The van der Waals surface area contributed by atoms with Gasteiger partial charge in [0.05, 0.1) is 23.7 Å². The number of furan rings is 1. The van der Waals surface area contributed by atoms with Crippen LogP contribution in [0.1, 0.15) is 21.5 Å². The molecule has 3 aromatic carbocycles. The zero-order valence-corrected chi connectivity index (χ0v) is 16.8. The molecule has 0 spiro atoms. The number of anilines is 2. The van der Waals surface area contributed by atoms with Gasteiger partial charge in [0, 0.05) is 10.9 Å². The predicted octanol–water partition coefficient (Wildman–Crippen LogP) is 6.17. The van der Waals surface area contributed by atoms with Gasteiger partial charge >= 0.3 is 5.97 Å². The summed E-state index contributed by atoms with van der Waals surface area (Å²) in [6, 6.07) is 16.7. The van der Waals surface area contributed by atoms with E-state index < -0.39 is 11.8 Å². The van der Waals surface area contributed by atoms with Crippen LogP contribution in [0.5, 0.6) is 0 Å². The molecule has 0 aliphatic heterocycles. The number of carbonyl (C=O) groups excluding carboxylic acids is 1. The summed E-state index contributed by atoms with van der Waals surface area (Å²) in [6.45, 7) is 3.99. The molecule has 0 aliphatic carbocycles. The number of benzene rings is 3. The molecule has 0 bridgehead atoms. The van der Waals surface area contributed by atoms with E-state index in [2.05, 4.69) is 0 Å². The number of fused-ring (bicyclic) bond motifs is 1. The fraction of sp³-hybridized carbons (Fsp3) is 0.125. The van der Waals surface area contributed by atoms with Crippen molar-refractivity contribution < 1.29 is 23.5 Å². The second kappa shape index (κ2) is 7.65. The van der Waals surface area contributed by atoms with Crippen LogP contribution >= 0.6 is 0 Å². The zero-order chi connectivity index (χ0) is 21.4. The van der Waals surface area contributed by atoms with Crippen molar-refractivity contribution in [2.45, 2.75) is 13.8 Å². The molecule has 6 heteroatoms. The van der Waals surface area contributed by atoms with Crippen LogP contribution in [0.25, 0.3) is 22.1 Å². The third-order valence-corrected chi connectivity index (χ3v) is 5.17. The number of esters is 1. The summed E-state index contributed by atoms with van der Waals surface area (Å²) in [4.78, 5) is 12.1. The molecular formula is C24H20FNO4. The van der Waals surface area contributed by atoms with Crippen LogP contribution in [0.3, 0.4) is 0 Å². The number of para-hydroxylation sites is 1. The Balaban J connectivity index is 1.95. The maximum absolute atomic E-state index is 14.8. The molecule has 0 atom stereocenters. The van der Waals surface area contributed by atoms with Gasteiger partial charge in [-0.1, -0.05) is 36.4 Å². The Morgan fingerprint density at radius 3 is 2.53 bits per heavy atom. The number of aryl methyl sites for hydroxylation is 2. The van der Waals surface area contributed by atoms with Gasteiger partial charge in [-0.15, -0.1) is 0 Å². The second-order valence-electron chi connectivity index (χ2n) is 7.02. The molecular weight excluding hydrogens is 385 g/mol. The number of hydrogen-bond acceptors (Lipinski definition) is 5. The van der Waals surface area contributed by atoms with Gasteiger partial charge < -0.3 is 9.15 Å². The third kappa shape index (κ3) is 3.21. The minimum absolute atomic E-state index is 0.118. The molecule has 4 aromatic rings. The van der Waals surface area contributed by atoms with Crippen LogP contribution in [0.4, 0.5) is 16.0 Å². The molecule has 0 fully saturated rings. The second-order valence-corrected chi connectivity index (χ2v) is 7.02. The van der Waals surface area contributed by atoms with E-state index in [1.165, 1.54) is 25.3 Å². The molecule has 0 unspecified atom stereocenters. The van der Waals surface area contributed by atoms with Crippen molar-refractivity contribution >= 4 is 28.3 Å². The molecule has 0 aliphatic rings. The molecule has 1 N–H and O–H groups in total. The zero-order valence-electron chi connectivity index (χ0n) is 16.8. The fourth-order valence-corrected chi connectivity index (χ4v) is 3.43. The summed E-state index contributed by atoms with van der Waals surface area (Å²) < 4.78 is 25.6. The number of nitrogens with zero attached hydrogens (tertiary/aromatic N) is 1. The summed E-state index contributed by atoms with van der Waals surface area (Å²) >= 11 is 0. The minimum atomic E-state index is -0.629.